The summed E-state index contributed by atoms with van der Waals surface area (Å²) in [7, 11) is 1.67. The van der Waals surface area contributed by atoms with Crippen LogP contribution in [0.1, 0.15) is 18.2 Å². The third-order valence-electron chi connectivity index (χ3n) is 2.92. The van der Waals surface area contributed by atoms with E-state index in [1.54, 1.807) is 17.7 Å². The first kappa shape index (κ1) is 12.7. The van der Waals surface area contributed by atoms with Crippen LogP contribution in [0, 0.1) is 0 Å². The number of carbonyl (C=O) groups excluding carboxylic acids is 1. The molecule has 0 fully saturated rings. The highest BCUT2D eigenvalue weighted by atomic mass is 19.4. The van der Waals surface area contributed by atoms with Crippen molar-refractivity contribution in [2.24, 2.45) is 7.05 Å². The fourth-order valence-electron chi connectivity index (χ4n) is 2.09. The number of Topliss-reactive ketones (excluding diaryl/α,β-unsaturated/α-hetero) is 1. The Balaban J connectivity index is 2.68. The SMILES string of the molecule is CC(=O)Cc1cc2c(C(F)(F)F)cccc2n1C. The van der Waals surface area contributed by atoms with E-state index in [2.05, 4.69) is 0 Å². The van der Waals surface area contributed by atoms with Crippen molar-refractivity contribution in [1.29, 1.82) is 0 Å². The van der Waals surface area contributed by atoms with Gasteiger partial charge in [0.15, 0.2) is 0 Å². The minimum absolute atomic E-state index is 0.0746. The van der Waals surface area contributed by atoms with Gasteiger partial charge in [-0.15, -0.1) is 0 Å². The van der Waals surface area contributed by atoms with Crippen LogP contribution in [-0.4, -0.2) is 10.4 Å². The summed E-state index contributed by atoms with van der Waals surface area (Å²) in [5, 5.41) is 0.142. The standard InChI is InChI=1S/C13H12F3NO/c1-8(18)6-9-7-10-11(13(14,15)16)4-3-5-12(10)17(9)2/h3-5,7H,6H2,1-2H3. The maximum absolute atomic E-state index is 12.8. The number of hydrogen-bond donors (Lipinski definition) is 0. The zero-order valence-electron chi connectivity index (χ0n) is 10.0. The molecule has 5 heteroatoms. The lowest BCUT2D eigenvalue weighted by Crippen LogP contribution is -2.05. The summed E-state index contributed by atoms with van der Waals surface area (Å²) in [4.78, 5) is 11.1. The molecule has 1 heterocycles. The van der Waals surface area contributed by atoms with Crippen molar-refractivity contribution in [2.75, 3.05) is 0 Å². The summed E-state index contributed by atoms with van der Waals surface area (Å²) in [5.74, 6) is -0.0746. The maximum Gasteiger partial charge on any atom is 0.417 e. The molecule has 0 radical (unpaired) electrons. The van der Waals surface area contributed by atoms with E-state index >= 15 is 0 Å². The van der Waals surface area contributed by atoms with Crippen LogP contribution in [0.15, 0.2) is 24.3 Å². The highest BCUT2D eigenvalue weighted by Gasteiger charge is 2.33. The first-order valence-electron chi connectivity index (χ1n) is 5.44. The largest absolute Gasteiger partial charge is 0.417 e. The summed E-state index contributed by atoms with van der Waals surface area (Å²) in [5.41, 5.74) is 0.417. The second-order valence-corrected chi connectivity index (χ2v) is 4.31. The molecule has 0 bridgehead atoms. The van der Waals surface area contributed by atoms with Crippen molar-refractivity contribution in [1.82, 2.24) is 4.57 Å². The van der Waals surface area contributed by atoms with Crippen LogP contribution in [0.4, 0.5) is 13.2 Å². The molecule has 2 aromatic rings. The van der Waals surface area contributed by atoms with Gasteiger partial charge in [0.2, 0.25) is 0 Å². The summed E-state index contributed by atoms with van der Waals surface area (Å²) in [6.45, 7) is 1.42. The summed E-state index contributed by atoms with van der Waals surface area (Å²) >= 11 is 0. The highest BCUT2D eigenvalue weighted by Crippen LogP contribution is 2.35. The van der Waals surface area contributed by atoms with Crippen molar-refractivity contribution in [3.8, 4) is 0 Å². The number of ketones is 1. The number of fused-ring (bicyclic) bond motifs is 1. The molecule has 0 atom stereocenters. The number of rotatable bonds is 2. The fraction of sp³-hybridized carbons (Fsp3) is 0.308. The van der Waals surface area contributed by atoms with E-state index in [-0.39, 0.29) is 17.6 Å². The van der Waals surface area contributed by atoms with Gasteiger partial charge in [-0.3, -0.25) is 4.79 Å². The molecule has 0 spiro atoms. The Bertz CT molecular complexity index is 610. The molecule has 0 N–H and O–H groups in total. The first-order valence-corrected chi connectivity index (χ1v) is 5.44. The molecule has 0 unspecified atom stereocenters. The number of halogens is 3. The molecule has 0 aliphatic rings. The average Bonchev–Trinajstić information content (AvgIpc) is 2.54. The molecule has 1 aromatic carbocycles. The molecule has 0 aliphatic carbocycles. The van der Waals surface area contributed by atoms with Gasteiger partial charge in [-0.25, -0.2) is 0 Å². The van der Waals surface area contributed by atoms with Gasteiger partial charge < -0.3 is 4.57 Å². The predicted molar refractivity (Wildman–Crippen MR) is 62.3 cm³/mol. The van der Waals surface area contributed by atoms with Crippen LogP contribution in [0.3, 0.4) is 0 Å². The second-order valence-electron chi connectivity index (χ2n) is 4.31. The third-order valence-corrected chi connectivity index (χ3v) is 2.92. The molecule has 0 amide bonds. The lowest BCUT2D eigenvalue weighted by Gasteiger charge is -2.08. The minimum Gasteiger partial charge on any atom is -0.347 e. The first-order chi connectivity index (χ1) is 8.30. The fourth-order valence-corrected chi connectivity index (χ4v) is 2.09. The Morgan fingerprint density at radius 3 is 2.56 bits per heavy atom. The lowest BCUT2D eigenvalue weighted by atomic mass is 10.1. The number of nitrogens with zero attached hydrogens (tertiary/aromatic N) is 1. The van der Waals surface area contributed by atoms with Gasteiger partial charge in [-0.1, -0.05) is 6.07 Å². The number of aryl methyl sites for hydroxylation is 1. The van der Waals surface area contributed by atoms with Gasteiger partial charge in [0.25, 0.3) is 0 Å². The Hall–Kier alpha value is -1.78. The molecule has 2 nitrogen and oxygen atoms in total. The van der Waals surface area contributed by atoms with Crippen molar-refractivity contribution >= 4 is 16.7 Å². The van der Waals surface area contributed by atoms with Gasteiger partial charge in [-0.05, 0) is 25.1 Å². The molecule has 0 saturated heterocycles. The van der Waals surface area contributed by atoms with Crippen LogP contribution < -0.4 is 0 Å². The van der Waals surface area contributed by atoms with Crippen LogP contribution >= 0.6 is 0 Å². The van der Waals surface area contributed by atoms with Crippen LogP contribution in [-0.2, 0) is 24.4 Å². The third kappa shape index (κ3) is 2.12. The van der Waals surface area contributed by atoms with Crippen molar-refractivity contribution in [2.45, 2.75) is 19.5 Å². The zero-order valence-corrected chi connectivity index (χ0v) is 10.0. The van der Waals surface area contributed by atoms with Crippen molar-refractivity contribution < 1.29 is 18.0 Å². The van der Waals surface area contributed by atoms with E-state index in [0.717, 1.165) is 6.07 Å². The number of aromatic nitrogens is 1. The summed E-state index contributed by atoms with van der Waals surface area (Å²) in [6, 6.07) is 5.50. The normalized spacial score (nSPS) is 12.1. The van der Waals surface area contributed by atoms with E-state index < -0.39 is 11.7 Å². The van der Waals surface area contributed by atoms with E-state index in [4.69, 9.17) is 0 Å². The molecular weight excluding hydrogens is 243 g/mol. The Labute approximate surface area is 102 Å². The van der Waals surface area contributed by atoms with Gasteiger partial charge in [0, 0.05) is 30.1 Å². The van der Waals surface area contributed by atoms with Gasteiger partial charge in [0.05, 0.1) is 5.56 Å². The van der Waals surface area contributed by atoms with Crippen LogP contribution in [0.5, 0.6) is 0 Å². The molecule has 1 aromatic heterocycles. The van der Waals surface area contributed by atoms with Gasteiger partial charge in [0.1, 0.15) is 5.78 Å². The van der Waals surface area contributed by atoms with E-state index in [0.29, 0.717) is 11.2 Å². The topological polar surface area (TPSA) is 22.0 Å². The summed E-state index contributed by atoms with van der Waals surface area (Å²) < 4.78 is 40.2. The molecule has 96 valence electrons. The van der Waals surface area contributed by atoms with Gasteiger partial charge >= 0.3 is 6.18 Å². The van der Waals surface area contributed by atoms with Crippen molar-refractivity contribution in [3.05, 3.63) is 35.5 Å². The monoisotopic (exact) mass is 255 g/mol. The summed E-state index contributed by atoms with van der Waals surface area (Å²) in [6.07, 6.45) is -4.24. The number of alkyl halides is 3. The second kappa shape index (κ2) is 4.15. The van der Waals surface area contributed by atoms with Crippen LogP contribution in [0.25, 0.3) is 10.9 Å². The molecule has 0 saturated carbocycles. The molecular formula is C13H12F3NO. The van der Waals surface area contributed by atoms with Gasteiger partial charge in [-0.2, -0.15) is 13.2 Å². The quantitative estimate of drug-likeness (QED) is 0.806. The predicted octanol–water partition coefficient (Wildman–Crippen LogP) is 3.33. The Morgan fingerprint density at radius 1 is 1.33 bits per heavy atom. The van der Waals surface area contributed by atoms with E-state index in [1.807, 2.05) is 0 Å². The Morgan fingerprint density at radius 2 is 2.00 bits per heavy atom. The number of carbonyl (C=O) groups is 1. The smallest absolute Gasteiger partial charge is 0.347 e. The maximum atomic E-state index is 12.8. The number of benzene rings is 1. The molecule has 18 heavy (non-hydrogen) atoms. The molecule has 0 aliphatic heterocycles. The lowest BCUT2D eigenvalue weighted by molar-refractivity contribution is -0.136. The Kier molecular flexibility index (Phi) is 2.92. The highest BCUT2D eigenvalue weighted by molar-refractivity contribution is 5.87. The van der Waals surface area contributed by atoms with Crippen molar-refractivity contribution in [3.63, 3.8) is 0 Å². The minimum atomic E-state index is -4.38. The zero-order chi connectivity index (χ0) is 13.5. The average molecular weight is 255 g/mol. The molecule has 2 rings (SSSR count). The van der Waals surface area contributed by atoms with E-state index in [1.165, 1.54) is 19.1 Å². The van der Waals surface area contributed by atoms with Crippen LogP contribution in [0.2, 0.25) is 0 Å². The van der Waals surface area contributed by atoms with E-state index in [9.17, 15) is 18.0 Å². The number of hydrogen-bond acceptors (Lipinski definition) is 1.